The van der Waals surface area contributed by atoms with Crippen molar-refractivity contribution in [2.45, 2.75) is 25.6 Å². The molecule has 0 fully saturated rings. The van der Waals surface area contributed by atoms with Crippen molar-refractivity contribution in [1.82, 2.24) is 0 Å². The molecule has 80 valence electrons. The molecule has 4 heteroatoms. The topological polar surface area (TPSA) is 66.8 Å². The van der Waals surface area contributed by atoms with Gasteiger partial charge in [0.15, 0.2) is 0 Å². The largest absolute Gasteiger partial charge is 0.463 e. The molecule has 0 aromatic carbocycles. The van der Waals surface area contributed by atoms with Gasteiger partial charge in [-0.3, -0.25) is 0 Å². The van der Waals surface area contributed by atoms with Crippen molar-refractivity contribution in [2.24, 2.45) is 0 Å². The molecule has 0 rings (SSSR count). The van der Waals surface area contributed by atoms with Crippen LogP contribution in [0.2, 0.25) is 0 Å². The quantitative estimate of drug-likeness (QED) is 0.383. The number of esters is 1. The van der Waals surface area contributed by atoms with Gasteiger partial charge in [0.25, 0.3) is 0 Å². The average molecular weight is 200 g/mol. The third-order valence-electron chi connectivity index (χ3n) is 1.71. The number of aliphatic hydroxyl groups is 2. The first kappa shape index (κ1) is 12.9. The lowest BCUT2D eigenvalue weighted by molar-refractivity contribution is -0.137. The minimum Gasteiger partial charge on any atom is -0.463 e. The fourth-order valence-corrected chi connectivity index (χ4v) is 0.676. The minimum atomic E-state index is -1.44. The lowest BCUT2D eigenvalue weighted by Gasteiger charge is -2.22. The Hall–Kier alpha value is -1.13. The van der Waals surface area contributed by atoms with Gasteiger partial charge in [-0.1, -0.05) is 6.08 Å². The maximum atomic E-state index is 10.8. The predicted molar refractivity (Wildman–Crippen MR) is 52.6 cm³/mol. The van der Waals surface area contributed by atoms with E-state index in [4.69, 9.17) is 0 Å². The van der Waals surface area contributed by atoms with E-state index in [9.17, 15) is 15.0 Å². The number of rotatable bonds is 5. The van der Waals surface area contributed by atoms with Crippen molar-refractivity contribution < 1.29 is 19.7 Å². The van der Waals surface area contributed by atoms with E-state index in [0.717, 1.165) is 6.08 Å². The molecule has 0 amide bonds. The zero-order valence-electron chi connectivity index (χ0n) is 8.43. The second-order valence-corrected chi connectivity index (χ2v) is 2.99. The summed E-state index contributed by atoms with van der Waals surface area (Å²) >= 11 is 0. The van der Waals surface area contributed by atoms with Crippen molar-refractivity contribution in [3.05, 3.63) is 24.8 Å². The summed E-state index contributed by atoms with van der Waals surface area (Å²) in [6.07, 6.45) is 2.27. The monoisotopic (exact) mass is 200 g/mol. The van der Waals surface area contributed by atoms with Crippen LogP contribution in [0.1, 0.15) is 13.8 Å². The molecule has 0 aromatic rings. The van der Waals surface area contributed by atoms with Crippen LogP contribution in [-0.2, 0) is 9.53 Å². The summed E-state index contributed by atoms with van der Waals surface area (Å²) in [5.41, 5.74) is -1.44. The van der Waals surface area contributed by atoms with Crippen molar-refractivity contribution in [1.29, 1.82) is 0 Å². The third kappa shape index (κ3) is 4.20. The molecule has 2 N–H and O–H groups in total. The van der Waals surface area contributed by atoms with E-state index in [1.165, 1.54) is 19.1 Å². The molecule has 0 heterocycles. The van der Waals surface area contributed by atoms with E-state index in [1.807, 2.05) is 0 Å². The summed E-state index contributed by atoms with van der Waals surface area (Å²) < 4.78 is 4.59. The molecule has 0 spiro atoms. The molecule has 0 aliphatic carbocycles. The highest BCUT2D eigenvalue weighted by molar-refractivity contribution is 5.81. The van der Waals surface area contributed by atoms with Gasteiger partial charge in [0.05, 0.1) is 6.61 Å². The van der Waals surface area contributed by atoms with Gasteiger partial charge in [-0.2, -0.15) is 0 Å². The summed E-state index contributed by atoms with van der Waals surface area (Å²) in [5.74, 6) is -0.550. The molecule has 0 saturated carbocycles. The third-order valence-corrected chi connectivity index (χ3v) is 1.71. The van der Waals surface area contributed by atoms with Crippen LogP contribution in [0.3, 0.4) is 0 Å². The van der Waals surface area contributed by atoms with Gasteiger partial charge in [0.2, 0.25) is 0 Å². The fraction of sp³-hybridized carbons (Fsp3) is 0.500. The van der Waals surface area contributed by atoms with Gasteiger partial charge in [-0.25, -0.2) is 4.79 Å². The maximum Gasteiger partial charge on any atom is 0.330 e. The van der Waals surface area contributed by atoms with Gasteiger partial charge in [-0.05, 0) is 19.9 Å². The van der Waals surface area contributed by atoms with Gasteiger partial charge in [-0.15, -0.1) is 6.58 Å². The van der Waals surface area contributed by atoms with E-state index >= 15 is 0 Å². The van der Waals surface area contributed by atoms with Gasteiger partial charge < -0.3 is 14.9 Å². The SMILES string of the molecule is C=C[C@](C)(O)[C@H](O)/C=C/C(=O)OCC. The molecule has 0 radical (unpaired) electrons. The molecule has 2 atom stereocenters. The molecule has 0 unspecified atom stereocenters. The van der Waals surface area contributed by atoms with Crippen LogP contribution in [0, 0.1) is 0 Å². The van der Waals surface area contributed by atoms with Crippen LogP contribution in [0.15, 0.2) is 24.8 Å². The summed E-state index contributed by atoms with van der Waals surface area (Å²) in [6.45, 7) is 6.70. The Balaban J connectivity index is 4.24. The molecule has 4 nitrogen and oxygen atoms in total. The van der Waals surface area contributed by atoms with Crippen LogP contribution in [0.25, 0.3) is 0 Å². The van der Waals surface area contributed by atoms with Gasteiger partial charge >= 0.3 is 5.97 Å². The Kier molecular flexibility index (Phi) is 5.12. The molecular formula is C10H16O4. The highest BCUT2D eigenvalue weighted by atomic mass is 16.5. The average Bonchev–Trinajstić information content (AvgIpc) is 2.14. The number of ether oxygens (including phenoxy) is 1. The van der Waals surface area contributed by atoms with Crippen molar-refractivity contribution >= 4 is 5.97 Å². The predicted octanol–water partition coefficient (Wildman–Crippen LogP) is 0.404. The Morgan fingerprint density at radius 1 is 1.71 bits per heavy atom. The highest BCUT2D eigenvalue weighted by Crippen LogP contribution is 2.11. The number of carbonyl (C=O) groups excluding carboxylic acids is 1. The van der Waals surface area contributed by atoms with Crippen molar-refractivity contribution in [2.75, 3.05) is 6.61 Å². The molecule has 0 saturated heterocycles. The number of carbonyl (C=O) groups is 1. The molecular weight excluding hydrogens is 184 g/mol. The summed E-state index contributed by atoms with van der Waals surface area (Å²) in [6, 6.07) is 0. The van der Waals surface area contributed by atoms with E-state index in [1.54, 1.807) is 6.92 Å². The van der Waals surface area contributed by atoms with Crippen LogP contribution in [-0.4, -0.2) is 34.5 Å². The van der Waals surface area contributed by atoms with Crippen LogP contribution in [0.4, 0.5) is 0 Å². The van der Waals surface area contributed by atoms with E-state index in [-0.39, 0.29) is 6.61 Å². The second kappa shape index (κ2) is 5.57. The number of hydrogen-bond donors (Lipinski definition) is 2. The van der Waals surface area contributed by atoms with Crippen molar-refractivity contribution in [3.8, 4) is 0 Å². The summed E-state index contributed by atoms with van der Waals surface area (Å²) in [7, 11) is 0. The first-order chi connectivity index (χ1) is 6.44. The molecule has 0 aromatic heterocycles. The lowest BCUT2D eigenvalue weighted by Crippen LogP contribution is -2.35. The first-order valence-corrected chi connectivity index (χ1v) is 4.33. The minimum absolute atomic E-state index is 0.275. The standard InChI is InChI=1S/C10H16O4/c1-4-10(3,13)8(11)6-7-9(12)14-5-2/h4,6-8,11,13H,1,5H2,2-3H3/b7-6+/t8-,10+/m1/s1. The molecule has 14 heavy (non-hydrogen) atoms. The highest BCUT2D eigenvalue weighted by Gasteiger charge is 2.24. The van der Waals surface area contributed by atoms with Crippen LogP contribution in [0.5, 0.6) is 0 Å². The summed E-state index contributed by atoms with van der Waals surface area (Å²) in [4.78, 5) is 10.8. The smallest absolute Gasteiger partial charge is 0.330 e. The van der Waals surface area contributed by atoms with Crippen LogP contribution >= 0.6 is 0 Å². The van der Waals surface area contributed by atoms with Gasteiger partial charge in [0.1, 0.15) is 11.7 Å². The Labute approximate surface area is 83.5 Å². The molecule has 0 bridgehead atoms. The second-order valence-electron chi connectivity index (χ2n) is 2.99. The van der Waals surface area contributed by atoms with Crippen molar-refractivity contribution in [3.63, 3.8) is 0 Å². The Morgan fingerprint density at radius 2 is 2.29 bits per heavy atom. The molecule has 0 aliphatic rings. The number of hydrogen-bond acceptors (Lipinski definition) is 4. The number of aliphatic hydroxyl groups excluding tert-OH is 1. The van der Waals surface area contributed by atoms with E-state index < -0.39 is 17.7 Å². The molecule has 0 aliphatic heterocycles. The summed E-state index contributed by atoms with van der Waals surface area (Å²) in [5, 5.41) is 18.8. The fourth-order valence-electron chi connectivity index (χ4n) is 0.676. The maximum absolute atomic E-state index is 10.8. The lowest BCUT2D eigenvalue weighted by atomic mass is 9.99. The van der Waals surface area contributed by atoms with Crippen LogP contribution < -0.4 is 0 Å². The zero-order chi connectivity index (χ0) is 11.2. The van der Waals surface area contributed by atoms with Gasteiger partial charge in [0, 0.05) is 6.08 Å². The van der Waals surface area contributed by atoms with E-state index in [2.05, 4.69) is 11.3 Å². The first-order valence-electron chi connectivity index (χ1n) is 4.33. The Morgan fingerprint density at radius 3 is 2.71 bits per heavy atom. The van der Waals surface area contributed by atoms with E-state index in [0.29, 0.717) is 0 Å². The Bertz CT molecular complexity index is 230. The normalized spacial score (nSPS) is 17.4. The zero-order valence-corrected chi connectivity index (χ0v) is 8.43.